The number of ketones is 1. The van der Waals surface area contributed by atoms with E-state index in [0.717, 1.165) is 31.7 Å². The Labute approximate surface area is 109 Å². The highest BCUT2D eigenvalue weighted by atomic mass is 16.5. The van der Waals surface area contributed by atoms with E-state index in [4.69, 9.17) is 4.74 Å². The van der Waals surface area contributed by atoms with Crippen LogP contribution in [0.4, 0.5) is 0 Å². The third-order valence-electron chi connectivity index (χ3n) is 3.39. The van der Waals surface area contributed by atoms with E-state index in [9.17, 15) is 4.79 Å². The van der Waals surface area contributed by atoms with Crippen LogP contribution in [0.3, 0.4) is 0 Å². The third kappa shape index (κ3) is 3.84. The number of ether oxygens (including phenoxy) is 1. The number of aryl methyl sites for hydroxylation is 1. The zero-order valence-electron chi connectivity index (χ0n) is 10.9. The minimum Gasteiger partial charge on any atom is -0.493 e. The summed E-state index contributed by atoms with van der Waals surface area (Å²) < 4.78 is 5.58. The van der Waals surface area contributed by atoms with Gasteiger partial charge in [-0.15, -0.1) is 0 Å². The van der Waals surface area contributed by atoms with E-state index in [-0.39, 0.29) is 5.92 Å². The van der Waals surface area contributed by atoms with Crippen LogP contribution < -0.4 is 10.1 Å². The summed E-state index contributed by atoms with van der Waals surface area (Å²) in [6, 6.07) is 7.92. The van der Waals surface area contributed by atoms with Crippen molar-refractivity contribution in [2.75, 3.05) is 19.7 Å². The largest absolute Gasteiger partial charge is 0.493 e. The molecular formula is C15H21NO2. The molecule has 0 spiro atoms. The minimum atomic E-state index is 0.195. The molecule has 0 bridgehead atoms. The van der Waals surface area contributed by atoms with Crippen molar-refractivity contribution in [3.05, 3.63) is 29.8 Å². The number of carbonyl (C=O) groups is 1. The molecule has 1 saturated heterocycles. The first kappa shape index (κ1) is 13.1. The number of piperidine rings is 1. The Balaban J connectivity index is 1.71. The van der Waals surface area contributed by atoms with Gasteiger partial charge in [0, 0.05) is 18.9 Å². The standard InChI is InChI=1S/C15H21NO2/c1-12-4-6-14(7-5-12)18-10-8-15(17)13-3-2-9-16-11-13/h4-7,13,16H,2-3,8-11H2,1H3. The number of nitrogens with one attached hydrogen (secondary N) is 1. The van der Waals surface area contributed by atoms with Gasteiger partial charge in [0.05, 0.1) is 6.61 Å². The molecule has 1 unspecified atom stereocenters. The average molecular weight is 247 g/mol. The van der Waals surface area contributed by atoms with Gasteiger partial charge >= 0.3 is 0 Å². The molecule has 0 amide bonds. The topological polar surface area (TPSA) is 38.3 Å². The van der Waals surface area contributed by atoms with E-state index in [2.05, 4.69) is 5.32 Å². The maximum Gasteiger partial charge on any atom is 0.140 e. The van der Waals surface area contributed by atoms with Crippen molar-refractivity contribution in [2.45, 2.75) is 26.2 Å². The van der Waals surface area contributed by atoms with Crippen LogP contribution in [-0.4, -0.2) is 25.5 Å². The molecule has 2 rings (SSSR count). The molecule has 0 radical (unpaired) electrons. The molecular weight excluding hydrogens is 226 g/mol. The summed E-state index contributed by atoms with van der Waals surface area (Å²) in [5.41, 5.74) is 1.21. The lowest BCUT2D eigenvalue weighted by Crippen LogP contribution is -2.34. The van der Waals surface area contributed by atoms with Crippen LogP contribution in [0.2, 0.25) is 0 Å². The van der Waals surface area contributed by atoms with Crippen molar-refractivity contribution in [3.8, 4) is 5.75 Å². The van der Waals surface area contributed by atoms with Gasteiger partial charge in [0.2, 0.25) is 0 Å². The molecule has 1 fully saturated rings. The van der Waals surface area contributed by atoms with E-state index >= 15 is 0 Å². The molecule has 18 heavy (non-hydrogen) atoms. The number of carbonyl (C=O) groups excluding carboxylic acids is 1. The quantitative estimate of drug-likeness (QED) is 0.868. The van der Waals surface area contributed by atoms with Crippen LogP contribution in [0, 0.1) is 12.8 Å². The lowest BCUT2D eigenvalue weighted by atomic mass is 9.94. The molecule has 1 aliphatic rings. The second-order valence-electron chi connectivity index (χ2n) is 4.92. The van der Waals surface area contributed by atoms with Gasteiger partial charge in [0.15, 0.2) is 0 Å². The molecule has 1 N–H and O–H groups in total. The van der Waals surface area contributed by atoms with Crippen molar-refractivity contribution < 1.29 is 9.53 Å². The average Bonchev–Trinajstić information content (AvgIpc) is 2.42. The first-order chi connectivity index (χ1) is 8.75. The van der Waals surface area contributed by atoms with Gasteiger partial charge in [0.25, 0.3) is 0 Å². The summed E-state index contributed by atoms with van der Waals surface area (Å²) in [6.07, 6.45) is 2.64. The van der Waals surface area contributed by atoms with Crippen molar-refractivity contribution in [1.82, 2.24) is 5.32 Å². The second-order valence-corrected chi connectivity index (χ2v) is 4.92. The summed E-state index contributed by atoms with van der Waals surface area (Å²) >= 11 is 0. The molecule has 0 saturated carbocycles. The van der Waals surface area contributed by atoms with E-state index in [0.29, 0.717) is 18.8 Å². The summed E-state index contributed by atoms with van der Waals surface area (Å²) in [6.45, 7) is 4.41. The lowest BCUT2D eigenvalue weighted by molar-refractivity contribution is -0.123. The van der Waals surface area contributed by atoms with Gasteiger partial charge in [0.1, 0.15) is 11.5 Å². The number of hydrogen-bond donors (Lipinski definition) is 1. The smallest absolute Gasteiger partial charge is 0.140 e. The van der Waals surface area contributed by atoms with Crippen molar-refractivity contribution >= 4 is 5.78 Å². The first-order valence-corrected chi connectivity index (χ1v) is 6.68. The predicted octanol–water partition coefficient (Wildman–Crippen LogP) is 2.33. The summed E-state index contributed by atoms with van der Waals surface area (Å²) in [5.74, 6) is 1.37. The normalized spacial score (nSPS) is 19.5. The number of hydrogen-bond acceptors (Lipinski definition) is 3. The molecule has 3 heteroatoms. The maximum atomic E-state index is 11.9. The van der Waals surface area contributed by atoms with E-state index in [1.807, 2.05) is 31.2 Å². The Morgan fingerprint density at radius 3 is 2.83 bits per heavy atom. The van der Waals surface area contributed by atoms with E-state index in [1.165, 1.54) is 5.56 Å². The molecule has 1 aromatic rings. The minimum absolute atomic E-state index is 0.195. The van der Waals surface area contributed by atoms with Gasteiger partial charge in [-0.05, 0) is 38.4 Å². The van der Waals surface area contributed by atoms with Crippen molar-refractivity contribution in [1.29, 1.82) is 0 Å². The van der Waals surface area contributed by atoms with Gasteiger partial charge in [-0.2, -0.15) is 0 Å². The molecule has 0 aromatic heterocycles. The van der Waals surface area contributed by atoms with Crippen LogP contribution in [0.1, 0.15) is 24.8 Å². The molecule has 1 aliphatic heterocycles. The van der Waals surface area contributed by atoms with Crippen molar-refractivity contribution in [2.24, 2.45) is 5.92 Å². The Morgan fingerprint density at radius 1 is 1.39 bits per heavy atom. The van der Waals surface area contributed by atoms with Crippen LogP contribution in [0.5, 0.6) is 5.75 Å². The summed E-state index contributed by atoms with van der Waals surface area (Å²) in [5, 5.41) is 3.27. The predicted molar refractivity (Wildman–Crippen MR) is 71.9 cm³/mol. The highest BCUT2D eigenvalue weighted by Crippen LogP contribution is 2.15. The van der Waals surface area contributed by atoms with Crippen molar-refractivity contribution in [3.63, 3.8) is 0 Å². The van der Waals surface area contributed by atoms with E-state index in [1.54, 1.807) is 0 Å². The van der Waals surface area contributed by atoms with Gasteiger partial charge in [-0.1, -0.05) is 17.7 Å². The number of benzene rings is 1. The van der Waals surface area contributed by atoms with Crippen LogP contribution in [0.25, 0.3) is 0 Å². The summed E-state index contributed by atoms with van der Waals surface area (Å²) in [4.78, 5) is 11.9. The van der Waals surface area contributed by atoms with Crippen LogP contribution in [-0.2, 0) is 4.79 Å². The van der Waals surface area contributed by atoms with Gasteiger partial charge < -0.3 is 10.1 Å². The number of Topliss-reactive ketones (excluding diaryl/α,β-unsaturated/α-hetero) is 1. The Morgan fingerprint density at radius 2 is 2.17 bits per heavy atom. The molecule has 3 nitrogen and oxygen atoms in total. The maximum absolute atomic E-state index is 11.9. The molecule has 1 heterocycles. The summed E-state index contributed by atoms with van der Waals surface area (Å²) in [7, 11) is 0. The fraction of sp³-hybridized carbons (Fsp3) is 0.533. The lowest BCUT2D eigenvalue weighted by Gasteiger charge is -2.21. The zero-order chi connectivity index (χ0) is 12.8. The monoisotopic (exact) mass is 247 g/mol. The Bertz CT molecular complexity index is 380. The van der Waals surface area contributed by atoms with Gasteiger partial charge in [-0.3, -0.25) is 4.79 Å². The molecule has 1 atom stereocenters. The fourth-order valence-corrected chi connectivity index (χ4v) is 2.23. The van der Waals surface area contributed by atoms with Gasteiger partial charge in [-0.25, -0.2) is 0 Å². The third-order valence-corrected chi connectivity index (χ3v) is 3.39. The van der Waals surface area contributed by atoms with Crippen LogP contribution >= 0.6 is 0 Å². The number of rotatable bonds is 5. The molecule has 1 aromatic carbocycles. The van der Waals surface area contributed by atoms with Crippen LogP contribution in [0.15, 0.2) is 24.3 Å². The SMILES string of the molecule is Cc1ccc(OCCC(=O)C2CCCNC2)cc1. The Kier molecular flexibility index (Phi) is 4.76. The molecule has 0 aliphatic carbocycles. The van der Waals surface area contributed by atoms with E-state index < -0.39 is 0 Å². The highest BCUT2D eigenvalue weighted by molar-refractivity contribution is 5.81. The first-order valence-electron chi connectivity index (χ1n) is 6.68. The highest BCUT2D eigenvalue weighted by Gasteiger charge is 2.20. The second kappa shape index (κ2) is 6.55. The Hall–Kier alpha value is -1.35. The molecule has 98 valence electrons. The zero-order valence-corrected chi connectivity index (χ0v) is 10.9. The fourth-order valence-electron chi connectivity index (χ4n) is 2.23.